The number of nitro groups is 1. The summed E-state index contributed by atoms with van der Waals surface area (Å²) in [5, 5.41) is 22.4. The zero-order chi connectivity index (χ0) is 13.0. The van der Waals surface area contributed by atoms with Crippen LogP contribution in [0.3, 0.4) is 0 Å². The van der Waals surface area contributed by atoms with Gasteiger partial charge in [-0.25, -0.2) is 4.79 Å². The Balaban J connectivity index is 2.94. The normalized spacial score (nSPS) is 9.47. The van der Waals surface area contributed by atoms with E-state index in [4.69, 9.17) is 22.7 Å². The van der Waals surface area contributed by atoms with Crippen LogP contribution in [0.15, 0.2) is 18.2 Å². The molecular formula is C8H8ClN5O3. The number of benzene rings is 1. The van der Waals surface area contributed by atoms with Gasteiger partial charge >= 0.3 is 6.03 Å². The van der Waals surface area contributed by atoms with Crippen LogP contribution < -0.4 is 16.4 Å². The number of nitrogens with two attached hydrogens (primary N) is 1. The van der Waals surface area contributed by atoms with Crippen LogP contribution in [0.25, 0.3) is 0 Å². The molecule has 0 unspecified atom stereocenters. The maximum atomic E-state index is 10.7. The molecule has 0 bridgehead atoms. The van der Waals surface area contributed by atoms with Crippen molar-refractivity contribution < 1.29 is 9.72 Å². The van der Waals surface area contributed by atoms with E-state index in [9.17, 15) is 14.9 Å². The van der Waals surface area contributed by atoms with Crippen molar-refractivity contribution in [3.05, 3.63) is 33.3 Å². The molecule has 17 heavy (non-hydrogen) atoms. The molecule has 0 aliphatic rings. The molecule has 0 saturated carbocycles. The number of rotatable bonds is 2. The third kappa shape index (κ3) is 3.61. The van der Waals surface area contributed by atoms with Gasteiger partial charge in [-0.05, 0) is 12.1 Å². The number of carbonyl (C=O) groups excluding carboxylic acids is 1. The monoisotopic (exact) mass is 257 g/mol. The molecule has 1 rings (SSSR count). The largest absolute Gasteiger partial charge is 0.351 e. The van der Waals surface area contributed by atoms with Gasteiger partial charge in [-0.3, -0.25) is 20.8 Å². The van der Waals surface area contributed by atoms with Crippen molar-refractivity contribution in [3.63, 3.8) is 0 Å². The van der Waals surface area contributed by atoms with Crippen LogP contribution in [-0.4, -0.2) is 16.9 Å². The van der Waals surface area contributed by atoms with Crippen molar-refractivity contribution in [1.82, 2.24) is 5.32 Å². The quantitative estimate of drug-likeness (QED) is 0.274. The van der Waals surface area contributed by atoms with Crippen molar-refractivity contribution in [2.45, 2.75) is 0 Å². The molecule has 0 spiro atoms. The van der Waals surface area contributed by atoms with Gasteiger partial charge in [0.1, 0.15) is 5.69 Å². The molecule has 0 atom stereocenters. The van der Waals surface area contributed by atoms with E-state index in [0.29, 0.717) is 0 Å². The zero-order valence-corrected chi connectivity index (χ0v) is 9.12. The van der Waals surface area contributed by atoms with Crippen LogP contribution in [0.5, 0.6) is 0 Å². The van der Waals surface area contributed by atoms with Crippen molar-refractivity contribution in [1.29, 1.82) is 5.41 Å². The Hall–Kier alpha value is -2.35. The zero-order valence-electron chi connectivity index (χ0n) is 8.36. The Kier molecular flexibility index (Phi) is 3.83. The summed E-state index contributed by atoms with van der Waals surface area (Å²) >= 11 is 5.61. The average molecular weight is 258 g/mol. The maximum Gasteiger partial charge on any atom is 0.318 e. The van der Waals surface area contributed by atoms with Gasteiger partial charge in [0.2, 0.25) is 5.96 Å². The Morgan fingerprint density at radius 1 is 1.53 bits per heavy atom. The van der Waals surface area contributed by atoms with Gasteiger partial charge < -0.3 is 11.1 Å². The third-order valence-corrected chi connectivity index (χ3v) is 1.90. The standard InChI is InChI=1S/C8H8ClN5O3/c9-4-1-2-5(6(3-4)14(16)17)12-7(10)13-8(11)15/h1-3H,(H5,10,11,12,13,15). The number of nitrogens with zero attached hydrogens (tertiary/aromatic N) is 1. The molecule has 0 radical (unpaired) electrons. The fourth-order valence-corrected chi connectivity index (χ4v) is 1.22. The summed E-state index contributed by atoms with van der Waals surface area (Å²) in [6.07, 6.45) is 0. The van der Waals surface area contributed by atoms with Crippen molar-refractivity contribution in [3.8, 4) is 0 Å². The van der Waals surface area contributed by atoms with Gasteiger partial charge in [0.05, 0.1) is 4.92 Å². The summed E-state index contributed by atoms with van der Waals surface area (Å²) in [4.78, 5) is 20.5. The minimum atomic E-state index is -0.945. The minimum absolute atomic E-state index is 0.0261. The van der Waals surface area contributed by atoms with E-state index in [0.717, 1.165) is 6.07 Å². The number of hydrogen-bond acceptors (Lipinski definition) is 4. The summed E-state index contributed by atoms with van der Waals surface area (Å²) in [6.45, 7) is 0. The lowest BCUT2D eigenvalue weighted by atomic mass is 10.2. The van der Waals surface area contributed by atoms with Crippen LogP contribution in [-0.2, 0) is 0 Å². The van der Waals surface area contributed by atoms with Crippen molar-refractivity contribution in [2.24, 2.45) is 5.73 Å². The summed E-state index contributed by atoms with van der Waals surface area (Å²) in [7, 11) is 0. The molecule has 0 fully saturated rings. The molecule has 1 aromatic rings. The van der Waals surface area contributed by atoms with Gasteiger partial charge in [-0.15, -0.1) is 0 Å². The first-order valence-corrected chi connectivity index (χ1v) is 4.64. The lowest BCUT2D eigenvalue weighted by molar-refractivity contribution is -0.383. The highest BCUT2D eigenvalue weighted by atomic mass is 35.5. The summed E-state index contributed by atoms with van der Waals surface area (Å²) in [6, 6.07) is 2.91. The first-order valence-electron chi connectivity index (χ1n) is 4.26. The molecular weight excluding hydrogens is 250 g/mol. The predicted molar refractivity (Wildman–Crippen MR) is 62.2 cm³/mol. The minimum Gasteiger partial charge on any atom is -0.351 e. The number of amides is 2. The number of halogens is 1. The van der Waals surface area contributed by atoms with Crippen molar-refractivity contribution in [2.75, 3.05) is 5.32 Å². The summed E-state index contributed by atoms with van der Waals surface area (Å²) < 4.78 is 0. The van der Waals surface area contributed by atoms with E-state index >= 15 is 0 Å². The number of primary amides is 1. The fraction of sp³-hybridized carbons (Fsp3) is 0. The van der Waals surface area contributed by atoms with Gasteiger partial charge in [-0.2, -0.15) is 0 Å². The van der Waals surface area contributed by atoms with E-state index in [1.807, 2.05) is 5.32 Å². The van der Waals surface area contributed by atoms with E-state index in [1.54, 1.807) is 0 Å². The van der Waals surface area contributed by atoms with Crippen LogP contribution in [0.1, 0.15) is 0 Å². The first-order chi connectivity index (χ1) is 7.90. The van der Waals surface area contributed by atoms with E-state index < -0.39 is 16.9 Å². The fourth-order valence-electron chi connectivity index (χ4n) is 1.05. The Morgan fingerprint density at radius 3 is 2.71 bits per heavy atom. The maximum absolute atomic E-state index is 10.7. The number of nitro benzene ring substituents is 1. The molecule has 0 heterocycles. The number of anilines is 1. The smallest absolute Gasteiger partial charge is 0.318 e. The van der Waals surface area contributed by atoms with Gasteiger partial charge in [-0.1, -0.05) is 11.6 Å². The highest BCUT2D eigenvalue weighted by Crippen LogP contribution is 2.27. The molecule has 0 aromatic heterocycles. The summed E-state index contributed by atoms with van der Waals surface area (Å²) in [5.41, 5.74) is 4.50. The van der Waals surface area contributed by atoms with Crippen LogP contribution in [0.2, 0.25) is 5.02 Å². The topological polar surface area (TPSA) is 134 Å². The molecule has 0 aliphatic carbocycles. The number of carbonyl (C=O) groups is 1. The second kappa shape index (κ2) is 5.12. The number of hydrogen-bond donors (Lipinski definition) is 4. The molecule has 1 aromatic carbocycles. The highest BCUT2D eigenvalue weighted by Gasteiger charge is 2.15. The third-order valence-electron chi connectivity index (χ3n) is 1.66. The molecule has 90 valence electrons. The van der Waals surface area contributed by atoms with Crippen molar-refractivity contribution >= 4 is 35.0 Å². The lowest BCUT2D eigenvalue weighted by Crippen LogP contribution is -2.38. The molecule has 9 heteroatoms. The Morgan fingerprint density at radius 2 is 2.18 bits per heavy atom. The Labute approximate surface area is 100 Å². The van der Waals surface area contributed by atoms with Crippen LogP contribution in [0.4, 0.5) is 16.2 Å². The average Bonchev–Trinajstić information content (AvgIpc) is 2.19. The Bertz CT molecular complexity index is 490. The molecule has 0 saturated heterocycles. The number of guanidine groups is 1. The number of urea groups is 1. The molecule has 2 amide bonds. The lowest BCUT2D eigenvalue weighted by Gasteiger charge is -2.08. The van der Waals surface area contributed by atoms with E-state index in [1.165, 1.54) is 12.1 Å². The predicted octanol–water partition coefficient (Wildman–Crippen LogP) is 1.26. The van der Waals surface area contributed by atoms with E-state index in [2.05, 4.69) is 5.32 Å². The highest BCUT2D eigenvalue weighted by molar-refractivity contribution is 6.31. The van der Waals surface area contributed by atoms with Gasteiger partial charge in [0.15, 0.2) is 0 Å². The van der Waals surface area contributed by atoms with Gasteiger partial charge in [0, 0.05) is 11.1 Å². The summed E-state index contributed by atoms with van der Waals surface area (Å²) in [5.74, 6) is -0.470. The van der Waals surface area contributed by atoms with Gasteiger partial charge in [0.25, 0.3) is 5.69 Å². The van der Waals surface area contributed by atoms with E-state index in [-0.39, 0.29) is 16.4 Å². The second-order valence-electron chi connectivity index (χ2n) is 2.91. The SMILES string of the molecule is N=C(NC(N)=O)Nc1ccc(Cl)cc1[N+](=O)[O-]. The number of nitrogens with one attached hydrogen (secondary N) is 3. The molecule has 5 N–H and O–H groups in total. The van der Waals surface area contributed by atoms with Crippen LogP contribution in [0, 0.1) is 15.5 Å². The van der Waals surface area contributed by atoms with Crippen LogP contribution >= 0.6 is 11.6 Å². The first kappa shape index (κ1) is 12.7. The molecule has 8 nitrogen and oxygen atoms in total. The molecule has 0 aliphatic heterocycles. The second-order valence-corrected chi connectivity index (χ2v) is 3.34.